The summed E-state index contributed by atoms with van der Waals surface area (Å²) >= 11 is 0. The van der Waals surface area contributed by atoms with E-state index in [0.29, 0.717) is 18.5 Å². The second kappa shape index (κ2) is 6.00. The second-order valence-electron chi connectivity index (χ2n) is 6.38. The van der Waals surface area contributed by atoms with Crippen LogP contribution in [0.2, 0.25) is 0 Å². The van der Waals surface area contributed by atoms with Crippen molar-refractivity contribution >= 4 is 0 Å². The molecular weight excluding hydrogens is 252 g/mol. The van der Waals surface area contributed by atoms with Crippen LogP contribution in [0, 0.1) is 12.8 Å². The summed E-state index contributed by atoms with van der Waals surface area (Å²) in [6.45, 7) is 4.84. The highest BCUT2D eigenvalue weighted by Crippen LogP contribution is 2.36. The lowest BCUT2D eigenvalue weighted by molar-refractivity contribution is 0.237. The number of rotatable bonds is 3. The Kier molecular flexibility index (Phi) is 4.53. The summed E-state index contributed by atoms with van der Waals surface area (Å²) in [4.78, 5) is 13.9. The molecule has 20 heavy (non-hydrogen) atoms. The molecule has 0 bridgehead atoms. The van der Waals surface area contributed by atoms with E-state index in [0.717, 1.165) is 17.8 Å². The molecule has 1 fully saturated rings. The SMILES string of the molecule is Cc1cc(=O)c(O)c(CN(C)C)n1C1CCCCC1C. The maximum Gasteiger partial charge on any atom is 0.223 e. The summed E-state index contributed by atoms with van der Waals surface area (Å²) < 4.78 is 2.21. The van der Waals surface area contributed by atoms with Crippen molar-refractivity contribution in [3.05, 3.63) is 27.7 Å². The summed E-state index contributed by atoms with van der Waals surface area (Å²) in [7, 11) is 3.92. The second-order valence-corrected chi connectivity index (χ2v) is 6.38. The van der Waals surface area contributed by atoms with Crippen LogP contribution in [0.4, 0.5) is 0 Å². The van der Waals surface area contributed by atoms with Gasteiger partial charge in [0.25, 0.3) is 0 Å². The van der Waals surface area contributed by atoms with Crippen molar-refractivity contribution in [1.82, 2.24) is 9.47 Å². The highest BCUT2D eigenvalue weighted by Gasteiger charge is 2.27. The van der Waals surface area contributed by atoms with Crippen LogP contribution in [0.3, 0.4) is 0 Å². The van der Waals surface area contributed by atoms with Crippen LogP contribution in [0.25, 0.3) is 0 Å². The van der Waals surface area contributed by atoms with E-state index in [1.54, 1.807) is 6.07 Å². The third-order valence-electron chi connectivity index (χ3n) is 4.38. The number of nitrogens with zero attached hydrogens (tertiary/aromatic N) is 2. The van der Waals surface area contributed by atoms with Gasteiger partial charge in [-0.1, -0.05) is 19.8 Å². The van der Waals surface area contributed by atoms with Gasteiger partial charge >= 0.3 is 0 Å². The van der Waals surface area contributed by atoms with Crippen molar-refractivity contribution in [2.75, 3.05) is 14.1 Å². The highest BCUT2D eigenvalue weighted by molar-refractivity contribution is 5.30. The van der Waals surface area contributed by atoms with Crippen LogP contribution in [0.15, 0.2) is 10.9 Å². The number of aromatic nitrogens is 1. The van der Waals surface area contributed by atoms with Crippen LogP contribution in [-0.2, 0) is 6.54 Å². The molecule has 1 aromatic heterocycles. The molecule has 0 saturated heterocycles. The molecule has 2 atom stereocenters. The van der Waals surface area contributed by atoms with Crippen LogP contribution in [0.5, 0.6) is 5.75 Å². The molecule has 1 aliphatic rings. The Morgan fingerprint density at radius 3 is 2.60 bits per heavy atom. The van der Waals surface area contributed by atoms with Crippen LogP contribution >= 0.6 is 0 Å². The lowest BCUT2D eigenvalue weighted by atomic mass is 9.85. The first-order chi connectivity index (χ1) is 9.41. The fourth-order valence-electron chi connectivity index (χ4n) is 3.39. The smallest absolute Gasteiger partial charge is 0.223 e. The van der Waals surface area contributed by atoms with Crippen molar-refractivity contribution in [2.24, 2.45) is 5.92 Å². The predicted octanol–water partition coefficient (Wildman–Crippen LogP) is 2.68. The lowest BCUT2D eigenvalue weighted by Crippen LogP contribution is -2.29. The first kappa shape index (κ1) is 15.1. The normalized spacial score (nSPS) is 23.2. The molecule has 0 aliphatic heterocycles. The van der Waals surface area contributed by atoms with E-state index in [9.17, 15) is 9.90 Å². The molecule has 1 aromatic rings. The fourth-order valence-corrected chi connectivity index (χ4v) is 3.39. The Morgan fingerprint density at radius 2 is 2.00 bits per heavy atom. The predicted molar refractivity (Wildman–Crippen MR) is 81.2 cm³/mol. The maximum absolute atomic E-state index is 11.9. The van der Waals surface area contributed by atoms with Gasteiger partial charge in [0.1, 0.15) is 0 Å². The Balaban J connectivity index is 2.54. The Bertz CT molecular complexity index is 534. The zero-order valence-electron chi connectivity index (χ0n) is 13.0. The van der Waals surface area contributed by atoms with Crippen molar-refractivity contribution < 1.29 is 5.11 Å². The number of pyridine rings is 1. The zero-order chi connectivity index (χ0) is 14.9. The Hall–Kier alpha value is -1.29. The van der Waals surface area contributed by atoms with E-state index in [2.05, 4.69) is 11.5 Å². The van der Waals surface area contributed by atoms with E-state index >= 15 is 0 Å². The number of aromatic hydroxyl groups is 1. The molecule has 1 aliphatic carbocycles. The van der Waals surface area contributed by atoms with Gasteiger partial charge in [-0.15, -0.1) is 0 Å². The van der Waals surface area contributed by atoms with Gasteiger partial charge in [-0.25, -0.2) is 0 Å². The van der Waals surface area contributed by atoms with Crippen molar-refractivity contribution in [2.45, 2.75) is 52.1 Å². The maximum atomic E-state index is 11.9. The van der Waals surface area contributed by atoms with Gasteiger partial charge in [-0.2, -0.15) is 0 Å². The van der Waals surface area contributed by atoms with Crippen molar-refractivity contribution in [3.8, 4) is 5.75 Å². The molecule has 2 rings (SSSR count). The Labute approximate surface area is 121 Å². The molecule has 0 amide bonds. The summed E-state index contributed by atoms with van der Waals surface area (Å²) in [6, 6.07) is 1.96. The van der Waals surface area contributed by atoms with Gasteiger partial charge in [-0.3, -0.25) is 4.79 Å². The fraction of sp³-hybridized carbons (Fsp3) is 0.688. The van der Waals surface area contributed by atoms with Gasteiger partial charge in [0.2, 0.25) is 5.43 Å². The molecule has 2 unspecified atom stereocenters. The monoisotopic (exact) mass is 278 g/mol. The van der Waals surface area contributed by atoms with Gasteiger partial charge in [0, 0.05) is 24.3 Å². The molecule has 1 N–H and O–H groups in total. The van der Waals surface area contributed by atoms with Gasteiger partial charge in [-0.05, 0) is 39.8 Å². The number of hydrogen-bond donors (Lipinski definition) is 1. The highest BCUT2D eigenvalue weighted by atomic mass is 16.3. The van der Waals surface area contributed by atoms with Gasteiger partial charge in [0.15, 0.2) is 5.75 Å². The molecule has 112 valence electrons. The first-order valence-corrected chi connectivity index (χ1v) is 7.50. The molecule has 0 radical (unpaired) electrons. The van der Waals surface area contributed by atoms with Crippen molar-refractivity contribution in [3.63, 3.8) is 0 Å². The van der Waals surface area contributed by atoms with Crippen LogP contribution in [-0.4, -0.2) is 28.7 Å². The lowest BCUT2D eigenvalue weighted by Gasteiger charge is -2.35. The van der Waals surface area contributed by atoms with Crippen LogP contribution < -0.4 is 5.43 Å². The number of hydrogen-bond acceptors (Lipinski definition) is 3. The summed E-state index contributed by atoms with van der Waals surface area (Å²) in [5.74, 6) is 0.507. The standard InChI is InChI=1S/C16H26N2O2/c1-11-7-5-6-8-13(11)18-12(2)9-15(19)16(20)14(18)10-17(3)4/h9,11,13,20H,5-8,10H2,1-4H3. The van der Waals surface area contributed by atoms with E-state index in [1.807, 2.05) is 25.9 Å². The quantitative estimate of drug-likeness (QED) is 0.924. The molecular formula is C16H26N2O2. The molecule has 0 spiro atoms. The first-order valence-electron chi connectivity index (χ1n) is 7.50. The third-order valence-corrected chi connectivity index (χ3v) is 4.38. The number of aryl methyl sites for hydroxylation is 1. The minimum Gasteiger partial charge on any atom is -0.503 e. The van der Waals surface area contributed by atoms with E-state index in [4.69, 9.17) is 0 Å². The van der Waals surface area contributed by atoms with Gasteiger partial charge < -0.3 is 14.6 Å². The van der Waals surface area contributed by atoms with Gasteiger partial charge in [0.05, 0.1) is 5.69 Å². The average Bonchev–Trinajstić information content (AvgIpc) is 2.37. The Morgan fingerprint density at radius 1 is 1.35 bits per heavy atom. The molecule has 0 aromatic carbocycles. The van der Waals surface area contributed by atoms with Crippen molar-refractivity contribution in [1.29, 1.82) is 0 Å². The molecule has 4 heteroatoms. The molecule has 4 nitrogen and oxygen atoms in total. The van der Waals surface area contributed by atoms with E-state index < -0.39 is 0 Å². The van der Waals surface area contributed by atoms with E-state index in [-0.39, 0.29) is 11.2 Å². The summed E-state index contributed by atoms with van der Waals surface area (Å²) in [5, 5.41) is 10.2. The third kappa shape index (κ3) is 2.90. The summed E-state index contributed by atoms with van der Waals surface area (Å²) in [5.41, 5.74) is 1.46. The molecule has 1 saturated carbocycles. The minimum absolute atomic E-state index is 0.0814. The van der Waals surface area contributed by atoms with E-state index in [1.165, 1.54) is 19.3 Å². The zero-order valence-corrected chi connectivity index (χ0v) is 13.0. The summed E-state index contributed by atoms with van der Waals surface area (Å²) in [6.07, 6.45) is 4.86. The van der Waals surface area contributed by atoms with Crippen LogP contribution in [0.1, 0.15) is 50.0 Å². The minimum atomic E-state index is -0.265. The average molecular weight is 278 g/mol. The molecule has 1 heterocycles. The largest absolute Gasteiger partial charge is 0.503 e. The topological polar surface area (TPSA) is 45.5 Å².